The van der Waals surface area contributed by atoms with E-state index in [-0.39, 0.29) is 19.2 Å². The van der Waals surface area contributed by atoms with E-state index < -0.39 is 6.10 Å². The molecule has 1 unspecified atom stereocenters. The van der Waals surface area contributed by atoms with E-state index in [2.05, 4.69) is 98.9 Å². The van der Waals surface area contributed by atoms with Crippen LogP contribution < -0.4 is 0 Å². The molecular weight excluding hydrogens is 617 g/mol. The van der Waals surface area contributed by atoms with Gasteiger partial charge in [-0.25, -0.2) is 0 Å². The average molecular weight is 695 g/mol. The molecule has 0 amide bonds. The Kier molecular flexibility index (Phi) is 40.7. The number of hydrogen-bond donors (Lipinski definition) is 1. The van der Waals surface area contributed by atoms with Crippen molar-refractivity contribution in [3.05, 3.63) is 85.1 Å². The van der Waals surface area contributed by atoms with E-state index in [1.165, 1.54) is 70.6 Å². The molecule has 0 aromatic carbocycles. The minimum atomic E-state index is -0.554. The van der Waals surface area contributed by atoms with E-state index in [0.29, 0.717) is 13.0 Å². The summed E-state index contributed by atoms with van der Waals surface area (Å²) in [5.41, 5.74) is 0. The second kappa shape index (κ2) is 42.7. The van der Waals surface area contributed by atoms with Gasteiger partial charge in [0.05, 0.1) is 13.2 Å². The van der Waals surface area contributed by atoms with Gasteiger partial charge in [0.25, 0.3) is 0 Å². The number of aliphatic hydroxyl groups is 1. The molecule has 0 radical (unpaired) electrons. The molecule has 0 saturated heterocycles. The van der Waals surface area contributed by atoms with Crippen molar-refractivity contribution in [2.45, 2.75) is 180 Å². The Hall–Kier alpha value is -2.43. The molecule has 0 fully saturated rings. The van der Waals surface area contributed by atoms with Crippen molar-refractivity contribution in [1.82, 2.24) is 0 Å². The van der Waals surface area contributed by atoms with Gasteiger partial charge in [0, 0.05) is 13.0 Å². The fraction of sp³-hybridized carbons (Fsp3) is 0.674. The second-order valence-corrected chi connectivity index (χ2v) is 13.3. The number of aliphatic hydroxyl groups excluding tert-OH is 1. The van der Waals surface area contributed by atoms with Crippen molar-refractivity contribution in [2.24, 2.45) is 0 Å². The Balaban J connectivity index is 3.54. The van der Waals surface area contributed by atoms with Crippen molar-refractivity contribution in [2.75, 3.05) is 19.8 Å². The number of ether oxygens (including phenoxy) is 2. The van der Waals surface area contributed by atoms with Crippen LogP contribution in [0.25, 0.3) is 0 Å². The second-order valence-electron chi connectivity index (χ2n) is 13.3. The largest absolute Gasteiger partial charge is 0.457 e. The van der Waals surface area contributed by atoms with Crippen molar-refractivity contribution in [1.29, 1.82) is 0 Å². The molecule has 0 aliphatic rings. The Morgan fingerprint density at radius 3 is 1.36 bits per heavy atom. The van der Waals surface area contributed by atoms with Gasteiger partial charge in [-0.05, 0) is 89.9 Å². The summed E-state index contributed by atoms with van der Waals surface area (Å²) < 4.78 is 11.1. The van der Waals surface area contributed by atoms with Crippen LogP contribution in [0.3, 0.4) is 0 Å². The van der Waals surface area contributed by atoms with Crippen molar-refractivity contribution in [3.63, 3.8) is 0 Å². The van der Waals surface area contributed by atoms with E-state index in [4.69, 9.17) is 9.47 Å². The SMILES string of the molecule is CC/C=C\C/C=C\C/C=C\C/C=C\C/C=C\CCCCCCCCOCC(CO)OC(=O)CCCCCCC/C=C\C/C=C\CCCCCC. The fourth-order valence-corrected chi connectivity index (χ4v) is 5.38. The Morgan fingerprint density at radius 1 is 0.500 bits per heavy atom. The monoisotopic (exact) mass is 695 g/mol. The molecule has 0 spiro atoms. The third kappa shape index (κ3) is 40.0. The van der Waals surface area contributed by atoms with Gasteiger partial charge < -0.3 is 14.6 Å². The molecule has 0 heterocycles. The Morgan fingerprint density at radius 2 is 0.900 bits per heavy atom. The standard InChI is InChI=1S/C46H78O4/c1-3-5-7-9-11-13-15-17-19-21-22-23-24-25-26-28-30-32-34-36-38-40-42-49-44-45(43-47)50-46(48)41-39-37-35-33-31-29-27-20-18-16-14-12-10-8-6-4-2/h5,7,11,13-14,16-17,19-20,22-23,25-27,45,47H,3-4,6,8-10,12,15,18,21,24,28-44H2,1-2H3/b7-5-,13-11-,16-14-,19-17-,23-22-,26-25-,27-20-. The first kappa shape index (κ1) is 47.6. The molecule has 0 aliphatic heterocycles. The molecule has 286 valence electrons. The number of esters is 1. The van der Waals surface area contributed by atoms with Crippen LogP contribution in [0.2, 0.25) is 0 Å². The topological polar surface area (TPSA) is 55.8 Å². The first-order valence-corrected chi connectivity index (χ1v) is 20.7. The molecule has 1 atom stereocenters. The van der Waals surface area contributed by atoms with E-state index in [0.717, 1.165) is 83.5 Å². The number of carbonyl (C=O) groups excluding carboxylic acids is 1. The molecule has 0 aromatic rings. The predicted molar refractivity (Wildman–Crippen MR) is 219 cm³/mol. The highest BCUT2D eigenvalue weighted by molar-refractivity contribution is 5.69. The third-order valence-corrected chi connectivity index (χ3v) is 8.45. The zero-order valence-electron chi connectivity index (χ0n) is 32.6. The van der Waals surface area contributed by atoms with Crippen molar-refractivity contribution < 1.29 is 19.4 Å². The van der Waals surface area contributed by atoms with E-state index in [9.17, 15) is 9.90 Å². The molecule has 0 rings (SSSR count). The summed E-state index contributed by atoms with van der Waals surface area (Å²) >= 11 is 0. The van der Waals surface area contributed by atoms with Crippen LogP contribution in [0, 0.1) is 0 Å². The lowest BCUT2D eigenvalue weighted by Gasteiger charge is -2.15. The molecule has 0 aromatic heterocycles. The van der Waals surface area contributed by atoms with E-state index in [1.54, 1.807) is 0 Å². The van der Waals surface area contributed by atoms with Crippen LogP contribution in [0.1, 0.15) is 174 Å². The summed E-state index contributed by atoms with van der Waals surface area (Å²) in [6.45, 7) is 5.15. The summed E-state index contributed by atoms with van der Waals surface area (Å²) in [4.78, 5) is 12.2. The van der Waals surface area contributed by atoms with Crippen molar-refractivity contribution >= 4 is 5.97 Å². The summed E-state index contributed by atoms with van der Waals surface area (Å²) in [5.74, 6) is -0.224. The van der Waals surface area contributed by atoms with Crippen LogP contribution in [-0.2, 0) is 14.3 Å². The number of unbranched alkanes of at least 4 members (excludes halogenated alkanes) is 15. The predicted octanol–water partition coefficient (Wildman–Crippen LogP) is 13.6. The van der Waals surface area contributed by atoms with Crippen LogP contribution in [0.4, 0.5) is 0 Å². The maximum Gasteiger partial charge on any atom is 0.306 e. The number of hydrogen-bond acceptors (Lipinski definition) is 4. The maximum absolute atomic E-state index is 12.2. The molecule has 4 nitrogen and oxygen atoms in total. The van der Waals surface area contributed by atoms with Gasteiger partial charge >= 0.3 is 5.97 Å². The van der Waals surface area contributed by atoms with E-state index >= 15 is 0 Å². The van der Waals surface area contributed by atoms with Gasteiger partial charge in [0.1, 0.15) is 6.10 Å². The lowest BCUT2D eigenvalue weighted by atomic mass is 10.1. The van der Waals surface area contributed by atoms with Crippen molar-refractivity contribution in [3.8, 4) is 0 Å². The quantitative estimate of drug-likeness (QED) is 0.0399. The highest BCUT2D eigenvalue weighted by atomic mass is 16.6. The molecule has 0 aliphatic carbocycles. The highest BCUT2D eigenvalue weighted by Crippen LogP contribution is 2.11. The summed E-state index contributed by atoms with van der Waals surface area (Å²) in [5, 5.41) is 9.59. The lowest BCUT2D eigenvalue weighted by molar-refractivity contribution is -0.154. The van der Waals surface area contributed by atoms with Gasteiger partial charge in [0.2, 0.25) is 0 Å². The van der Waals surface area contributed by atoms with Gasteiger partial charge in [0.15, 0.2) is 0 Å². The van der Waals surface area contributed by atoms with Gasteiger partial charge in [-0.2, -0.15) is 0 Å². The molecule has 0 bridgehead atoms. The zero-order valence-corrected chi connectivity index (χ0v) is 32.6. The normalized spacial score (nSPS) is 13.3. The minimum absolute atomic E-state index is 0.189. The highest BCUT2D eigenvalue weighted by Gasteiger charge is 2.13. The molecule has 0 saturated carbocycles. The number of rotatable bonds is 37. The summed E-state index contributed by atoms with van der Waals surface area (Å²) in [7, 11) is 0. The zero-order chi connectivity index (χ0) is 36.3. The Labute approximate surface area is 310 Å². The maximum atomic E-state index is 12.2. The van der Waals surface area contributed by atoms with Gasteiger partial charge in [-0.3, -0.25) is 4.79 Å². The molecule has 50 heavy (non-hydrogen) atoms. The minimum Gasteiger partial charge on any atom is -0.457 e. The molecular formula is C46H78O4. The fourth-order valence-electron chi connectivity index (χ4n) is 5.38. The molecule has 4 heteroatoms. The van der Waals surface area contributed by atoms with Crippen LogP contribution in [0.15, 0.2) is 85.1 Å². The first-order chi connectivity index (χ1) is 24.7. The van der Waals surface area contributed by atoms with Gasteiger partial charge in [-0.15, -0.1) is 0 Å². The summed E-state index contributed by atoms with van der Waals surface area (Å²) in [6.07, 6.45) is 59.2. The first-order valence-electron chi connectivity index (χ1n) is 20.7. The van der Waals surface area contributed by atoms with Crippen LogP contribution >= 0.6 is 0 Å². The molecule has 1 N–H and O–H groups in total. The van der Waals surface area contributed by atoms with Crippen LogP contribution in [0.5, 0.6) is 0 Å². The van der Waals surface area contributed by atoms with E-state index in [1.807, 2.05) is 0 Å². The number of allylic oxidation sites excluding steroid dienone is 14. The number of carbonyl (C=O) groups is 1. The smallest absolute Gasteiger partial charge is 0.306 e. The Bertz CT molecular complexity index is 907. The van der Waals surface area contributed by atoms with Crippen LogP contribution in [-0.4, -0.2) is 37.0 Å². The average Bonchev–Trinajstić information content (AvgIpc) is 3.12. The lowest BCUT2D eigenvalue weighted by Crippen LogP contribution is -2.27. The van der Waals surface area contributed by atoms with Gasteiger partial charge in [-0.1, -0.05) is 163 Å². The summed E-state index contributed by atoms with van der Waals surface area (Å²) in [6, 6.07) is 0. The third-order valence-electron chi connectivity index (χ3n) is 8.45.